The van der Waals surface area contributed by atoms with Gasteiger partial charge in [-0.15, -0.1) is 11.3 Å². The van der Waals surface area contributed by atoms with Gasteiger partial charge in [-0.1, -0.05) is 0 Å². The normalized spacial score (nSPS) is 10.8. The van der Waals surface area contributed by atoms with Gasteiger partial charge in [0.15, 0.2) is 0 Å². The standard InChI is InChI=1S/C15H14BrN3OS/c1-8-18-14-7-13(11(17)6-15(14)21-8)19-12-5-9(20-2)3-4-10(12)16/h3-7,19H,17H2,1-2H3. The number of benzene rings is 2. The number of rotatable bonds is 3. The monoisotopic (exact) mass is 363 g/mol. The van der Waals surface area contributed by atoms with Crippen molar-refractivity contribution in [2.24, 2.45) is 0 Å². The summed E-state index contributed by atoms with van der Waals surface area (Å²) in [5, 5.41) is 4.36. The molecule has 2 aromatic carbocycles. The minimum atomic E-state index is 0.695. The van der Waals surface area contributed by atoms with Gasteiger partial charge in [0.05, 0.1) is 39.4 Å². The van der Waals surface area contributed by atoms with Crippen LogP contribution >= 0.6 is 27.3 Å². The van der Waals surface area contributed by atoms with Crippen molar-refractivity contribution in [2.75, 3.05) is 18.2 Å². The fourth-order valence-electron chi connectivity index (χ4n) is 2.09. The van der Waals surface area contributed by atoms with Gasteiger partial charge in [-0.25, -0.2) is 4.98 Å². The number of nitrogens with two attached hydrogens (primary N) is 1. The fourth-order valence-corrected chi connectivity index (χ4v) is 3.29. The van der Waals surface area contributed by atoms with Gasteiger partial charge >= 0.3 is 0 Å². The third-order valence-electron chi connectivity index (χ3n) is 3.11. The number of hydrogen-bond donors (Lipinski definition) is 2. The zero-order valence-corrected chi connectivity index (χ0v) is 14.0. The molecule has 6 heteroatoms. The Hall–Kier alpha value is -1.79. The molecule has 21 heavy (non-hydrogen) atoms. The SMILES string of the molecule is COc1ccc(Br)c(Nc2cc3nc(C)sc3cc2N)c1. The first-order chi connectivity index (χ1) is 10.1. The summed E-state index contributed by atoms with van der Waals surface area (Å²) in [4.78, 5) is 4.50. The second-order valence-electron chi connectivity index (χ2n) is 4.61. The molecule has 3 aromatic rings. The van der Waals surface area contributed by atoms with Crippen molar-refractivity contribution in [3.8, 4) is 5.75 Å². The van der Waals surface area contributed by atoms with Crippen LogP contribution < -0.4 is 15.8 Å². The van der Waals surface area contributed by atoms with E-state index >= 15 is 0 Å². The van der Waals surface area contributed by atoms with Crippen LogP contribution in [0.4, 0.5) is 17.1 Å². The van der Waals surface area contributed by atoms with Crippen LogP contribution in [0.3, 0.4) is 0 Å². The number of ether oxygens (including phenoxy) is 1. The van der Waals surface area contributed by atoms with Crippen LogP contribution in [0.2, 0.25) is 0 Å². The van der Waals surface area contributed by atoms with Crippen LogP contribution in [0.1, 0.15) is 5.01 Å². The predicted octanol–water partition coefficient (Wildman–Crippen LogP) is 4.70. The van der Waals surface area contributed by atoms with Crippen molar-refractivity contribution >= 4 is 54.5 Å². The number of anilines is 3. The first kappa shape index (κ1) is 14.2. The molecule has 0 spiro atoms. The molecule has 108 valence electrons. The largest absolute Gasteiger partial charge is 0.497 e. The maximum Gasteiger partial charge on any atom is 0.121 e. The van der Waals surface area contributed by atoms with Gasteiger partial charge in [0, 0.05) is 10.5 Å². The summed E-state index contributed by atoms with van der Waals surface area (Å²) in [7, 11) is 1.64. The third-order valence-corrected chi connectivity index (χ3v) is 4.73. The Morgan fingerprint density at radius 3 is 2.81 bits per heavy atom. The van der Waals surface area contributed by atoms with E-state index < -0.39 is 0 Å². The van der Waals surface area contributed by atoms with Gasteiger partial charge in [0.2, 0.25) is 0 Å². The van der Waals surface area contributed by atoms with E-state index in [1.165, 1.54) is 0 Å². The van der Waals surface area contributed by atoms with Crippen molar-refractivity contribution in [3.05, 3.63) is 39.8 Å². The number of hydrogen-bond acceptors (Lipinski definition) is 5. The van der Waals surface area contributed by atoms with E-state index in [1.54, 1.807) is 18.4 Å². The molecule has 0 saturated heterocycles. The predicted molar refractivity (Wildman–Crippen MR) is 92.7 cm³/mol. The van der Waals surface area contributed by atoms with Crippen molar-refractivity contribution < 1.29 is 4.74 Å². The summed E-state index contributed by atoms with van der Waals surface area (Å²) in [5.41, 5.74) is 9.51. The molecule has 0 saturated carbocycles. The number of fused-ring (bicyclic) bond motifs is 1. The van der Waals surface area contributed by atoms with Crippen molar-refractivity contribution in [2.45, 2.75) is 6.92 Å². The number of halogens is 1. The fraction of sp³-hybridized carbons (Fsp3) is 0.133. The molecule has 1 heterocycles. The van der Waals surface area contributed by atoms with Crippen molar-refractivity contribution in [3.63, 3.8) is 0 Å². The summed E-state index contributed by atoms with van der Waals surface area (Å²) >= 11 is 5.17. The Morgan fingerprint density at radius 1 is 1.24 bits per heavy atom. The van der Waals surface area contributed by atoms with E-state index in [9.17, 15) is 0 Å². The van der Waals surface area contributed by atoms with Gasteiger partial charge in [-0.2, -0.15) is 0 Å². The number of aryl methyl sites for hydroxylation is 1. The van der Waals surface area contributed by atoms with Crippen LogP contribution in [0.25, 0.3) is 10.2 Å². The van der Waals surface area contributed by atoms with Crippen LogP contribution in [-0.4, -0.2) is 12.1 Å². The first-order valence-electron chi connectivity index (χ1n) is 6.34. The Balaban J connectivity index is 2.03. The second kappa shape index (κ2) is 5.54. The van der Waals surface area contributed by atoms with E-state index in [1.807, 2.05) is 37.3 Å². The third kappa shape index (κ3) is 2.82. The molecule has 3 rings (SSSR count). The zero-order chi connectivity index (χ0) is 15.0. The number of thiazole rings is 1. The highest BCUT2D eigenvalue weighted by Crippen LogP contribution is 2.35. The minimum absolute atomic E-state index is 0.695. The topological polar surface area (TPSA) is 60.2 Å². The lowest BCUT2D eigenvalue weighted by atomic mass is 10.2. The molecule has 0 unspecified atom stereocenters. The molecular weight excluding hydrogens is 350 g/mol. The quantitative estimate of drug-likeness (QED) is 0.662. The summed E-state index contributed by atoms with van der Waals surface area (Å²) in [6, 6.07) is 9.67. The molecule has 0 amide bonds. The summed E-state index contributed by atoms with van der Waals surface area (Å²) in [6.07, 6.45) is 0. The number of nitrogens with one attached hydrogen (secondary N) is 1. The Labute approximate surface area is 135 Å². The average Bonchev–Trinajstić information content (AvgIpc) is 2.80. The molecule has 0 aliphatic rings. The molecule has 0 fully saturated rings. The molecule has 0 aliphatic carbocycles. The highest BCUT2D eigenvalue weighted by Gasteiger charge is 2.09. The molecule has 0 aliphatic heterocycles. The average molecular weight is 364 g/mol. The smallest absolute Gasteiger partial charge is 0.121 e. The van der Waals surface area contributed by atoms with Gasteiger partial charge in [0.1, 0.15) is 5.75 Å². The molecule has 0 radical (unpaired) electrons. The van der Waals surface area contributed by atoms with Crippen molar-refractivity contribution in [1.82, 2.24) is 4.98 Å². The number of nitrogen functional groups attached to an aromatic ring is 1. The van der Waals surface area contributed by atoms with E-state index in [0.29, 0.717) is 5.69 Å². The zero-order valence-electron chi connectivity index (χ0n) is 11.6. The summed E-state index contributed by atoms with van der Waals surface area (Å²) < 4.78 is 7.29. The second-order valence-corrected chi connectivity index (χ2v) is 6.70. The Morgan fingerprint density at radius 2 is 2.05 bits per heavy atom. The molecule has 0 bridgehead atoms. The van der Waals surface area contributed by atoms with Crippen LogP contribution in [0.5, 0.6) is 5.75 Å². The molecule has 4 nitrogen and oxygen atoms in total. The van der Waals surface area contributed by atoms with Crippen LogP contribution in [0.15, 0.2) is 34.8 Å². The van der Waals surface area contributed by atoms with Gasteiger partial charge in [0.25, 0.3) is 0 Å². The Kier molecular flexibility index (Phi) is 3.73. The maximum atomic E-state index is 6.13. The number of aromatic nitrogens is 1. The lowest BCUT2D eigenvalue weighted by Crippen LogP contribution is -1.97. The lowest BCUT2D eigenvalue weighted by Gasteiger charge is -2.12. The minimum Gasteiger partial charge on any atom is -0.497 e. The molecular formula is C15H14BrN3OS. The van der Waals surface area contributed by atoms with E-state index in [-0.39, 0.29) is 0 Å². The lowest BCUT2D eigenvalue weighted by molar-refractivity contribution is 0.415. The number of nitrogens with zero attached hydrogens (tertiary/aromatic N) is 1. The van der Waals surface area contributed by atoms with E-state index in [0.717, 1.165) is 36.8 Å². The van der Waals surface area contributed by atoms with Gasteiger partial charge in [-0.3, -0.25) is 0 Å². The number of methoxy groups -OCH3 is 1. The highest BCUT2D eigenvalue weighted by atomic mass is 79.9. The van der Waals surface area contributed by atoms with Gasteiger partial charge in [-0.05, 0) is 47.1 Å². The van der Waals surface area contributed by atoms with E-state index in [4.69, 9.17) is 10.5 Å². The van der Waals surface area contributed by atoms with E-state index in [2.05, 4.69) is 26.2 Å². The Bertz CT molecular complexity index is 816. The van der Waals surface area contributed by atoms with Crippen LogP contribution in [0, 0.1) is 6.92 Å². The highest BCUT2D eigenvalue weighted by molar-refractivity contribution is 9.10. The maximum absolute atomic E-state index is 6.13. The van der Waals surface area contributed by atoms with Crippen molar-refractivity contribution in [1.29, 1.82) is 0 Å². The summed E-state index contributed by atoms with van der Waals surface area (Å²) in [5.74, 6) is 0.782. The summed E-state index contributed by atoms with van der Waals surface area (Å²) in [6.45, 7) is 1.99. The molecule has 0 atom stereocenters. The van der Waals surface area contributed by atoms with Crippen LogP contribution in [-0.2, 0) is 0 Å². The van der Waals surface area contributed by atoms with Gasteiger partial charge < -0.3 is 15.8 Å². The molecule has 3 N–H and O–H groups in total. The molecule has 1 aromatic heterocycles. The first-order valence-corrected chi connectivity index (χ1v) is 7.95.